The Hall–Kier alpha value is -2.71. The molecule has 3 rings (SSSR count). The molecule has 1 amide bonds. The second kappa shape index (κ2) is 9.20. The lowest BCUT2D eigenvalue weighted by atomic mass is 10.1. The first-order valence-corrected chi connectivity index (χ1v) is 11.8. The number of benzene rings is 2. The lowest BCUT2D eigenvalue weighted by Gasteiger charge is -2.25. The van der Waals surface area contributed by atoms with Crippen molar-refractivity contribution in [3.05, 3.63) is 59.9 Å². The van der Waals surface area contributed by atoms with Crippen molar-refractivity contribution in [1.82, 2.24) is 18.8 Å². The van der Waals surface area contributed by atoms with E-state index in [1.807, 2.05) is 55.8 Å². The molecule has 1 atom stereocenters. The topological polar surface area (TPSA) is 75.5 Å². The molecule has 3 aromatic rings. The fourth-order valence-corrected chi connectivity index (χ4v) is 4.56. The molecule has 1 aromatic heterocycles. The molecule has 0 bridgehead atoms. The van der Waals surface area contributed by atoms with Gasteiger partial charge in [-0.2, -0.15) is 0 Å². The molecule has 0 spiro atoms. The number of hydrogen-bond donors (Lipinski definition) is 0. The highest BCUT2D eigenvalue weighted by Crippen LogP contribution is 2.24. The molecule has 0 N–H and O–H groups in total. The SMILES string of the molecule is CCn1c(CCC(=O)N(C)[C@@H](C)c2ccccc2)nc2cc(S(=O)(=O)N(C)C)ccc21. The van der Waals surface area contributed by atoms with Gasteiger partial charge in [-0.1, -0.05) is 30.3 Å². The number of carbonyl (C=O) groups excluding carboxylic acids is 1. The Morgan fingerprint density at radius 3 is 2.39 bits per heavy atom. The zero-order chi connectivity index (χ0) is 22.8. The molecule has 7 nitrogen and oxygen atoms in total. The average Bonchev–Trinajstić information content (AvgIpc) is 3.13. The molecule has 0 fully saturated rings. The van der Waals surface area contributed by atoms with E-state index in [2.05, 4.69) is 4.98 Å². The summed E-state index contributed by atoms with van der Waals surface area (Å²) in [5.74, 6) is 0.827. The third kappa shape index (κ3) is 4.65. The molecule has 31 heavy (non-hydrogen) atoms. The molecule has 0 saturated heterocycles. The van der Waals surface area contributed by atoms with Gasteiger partial charge in [-0.15, -0.1) is 0 Å². The van der Waals surface area contributed by atoms with Crippen molar-refractivity contribution in [2.24, 2.45) is 0 Å². The van der Waals surface area contributed by atoms with Crippen LogP contribution in [0.15, 0.2) is 53.4 Å². The van der Waals surface area contributed by atoms with Crippen molar-refractivity contribution >= 4 is 27.0 Å². The van der Waals surface area contributed by atoms with Gasteiger partial charge in [0.25, 0.3) is 0 Å². The number of imidazole rings is 1. The third-order valence-electron chi connectivity index (χ3n) is 5.71. The van der Waals surface area contributed by atoms with Crippen LogP contribution in [-0.2, 0) is 27.8 Å². The van der Waals surface area contributed by atoms with Crippen molar-refractivity contribution in [2.45, 2.75) is 44.2 Å². The molecule has 0 aliphatic heterocycles. The number of nitrogens with zero attached hydrogens (tertiary/aromatic N) is 4. The van der Waals surface area contributed by atoms with Gasteiger partial charge in [-0.25, -0.2) is 17.7 Å². The predicted octanol–water partition coefficient (Wildman–Crippen LogP) is 3.46. The van der Waals surface area contributed by atoms with Gasteiger partial charge >= 0.3 is 0 Å². The van der Waals surface area contributed by atoms with Gasteiger partial charge in [-0.05, 0) is 37.6 Å². The minimum Gasteiger partial charge on any atom is -0.339 e. The monoisotopic (exact) mass is 442 g/mol. The lowest BCUT2D eigenvalue weighted by molar-refractivity contribution is -0.131. The molecule has 166 valence electrons. The fraction of sp³-hybridized carbons (Fsp3) is 0.391. The van der Waals surface area contributed by atoms with Crippen LogP contribution in [-0.4, -0.2) is 54.2 Å². The lowest BCUT2D eigenvalue weighted by Crippen LogP contribution is -2.30. The number of sulfonamides is 1. The maximum Gasteiger partial charge on any atom is 0.242 e. The summed E-state index contributed by atoms with van der Waals surface area (Å²) < 4.78 is 28.1. The Morgan fingerprint density at radius 1 is 1.10 bits per heavy atom. The largest absolute Gasteiger partial charge is 0.339 e. The van der Waals surface area contributed by atoms with E-state index in [1.54, 1.807) is 23.1 Å². The fourth-order valence-electron chi connectivity index (χ4n) is 3.64. The molecule has 0 radical (unpaired) electrons. The number of aryl methyl sites for hydroxylation is 2. The van der Waals surface area contributed by atoms with Gasteiger partial charge in [-0.3, -0.25) is 4.79 Å². The second-order valence-electron chi connectivity index (χ2n) is 7.80. The van der Waals surface area contributed by atoms with Crippen molar-refractivity contribution in [3.8, 4) is 0 Å². The maximum absolute atomic E-state index is 12.8. The van der Waals surface area contributed by atoms with Gasteiger partial charge in [0.1, 0.15) is 5.82 Å². The van der Waals surface area contributed by atoms with Gasteiger partial charge in [0.05, 0.1) is 22.0 Å². The quantitative estimate of drug-likeness (QED) is 0.535. The first-order chi connectivity index (χ1) is 14.7. The number of carbonyl (C=O) groups is 1. The zero-order valence-corrected chi connectivity index (χ0v) is 19.6. The normalized spacial score (nSPS) is 13.0. The highest BCUT2D eigenvalue weighted by molar-refractivity contribution is 7.89. The number of amides is 1. The molecule has 1 heterocycles. The smallest absolute Gasteiger partial charge is 0.242 e. The highest BCUT2D eigenvalue weighted by atomic mass is 32.2. The van der Waals surface area contributed by atoms with Gasteiger partial charge in [0.15, 0.2) is 0 Å². The minimum atomic E-state index is -3.53. The van der Waals surface area contributed by atoms with E-state index in [0.717, 1.165) is 16.9 Å². The van der Waals surface area contributed by atoms with E-state index >= 15 is 0 Å². The van der Waals surface area contributed by atoms with E-state index in [0.29, 0.717) is 24.9 Å². The maximum atomic E-state index is 12.8. The zero-order valence-electron chi connectivity index (χ0n) is 18.7. The Kier molecular flexibility index (Phi) is 6.81. The molecule has 0 saturated carbocycles. The van der Waals surface area contributed by atoms with Crippen LogP contribution in [0.4, 0.5) is 0 Å². The van der Waals surface area contributed by atoms with Crippen molar-refractivity contribution in [2.75, 3.05) is 21.1 Å². The Morgan fingerprint density at radius 2 is 1.77 bits per heavy atom. The number of rotatable bonds is 8. The number of hydrogen-bond acceptors (Lipinski definition) is 4. The van der Waals surface area contributed by atoms with Crippen LogP contribution < -0.4 is 0 Å². The summed E-state index contributed by atoms with van der Waals surface area (Å²) >= 11 is 0. The number of fused-ring (bicyclic) bond motifs is 1. The summed E-state index contributed by atoms with van der Waals surface area (Å²) in [6.07, 6.45) is 0.822. The molecular weight excluding hydrogens is 412 g/mol. The van der Waals surface area contributed by atoms with E-state index in [1.165, 1.54) is 18.4 Å². The standard InChI is InChI=1S/C23H30N4O3S/c1-6-27-21-13-12-19(31(29,30)25(3)4)16-20(21)24-22(27)14-15-23(28)26(5)17(2)18-10-8-7-9-11-18/h7-13,16-17H,6,14-15H2,1-5H3/t17-/m0/s1. The Balaban J connectivity index is 1.80. The van der Waals surface area contributed by atoms with Crippen molar-refractivity contribution in [1.29, 1.82) is 0 Å². The molecule has 0 unspecified atom stereocenters. The first-order valence-electron chi connectivity index (χ1n) is 10.4. The Labute approximate surface area is 184 Å². The van der Waals surface area contributed by atoms with Crippen LogP contribution >= 0.6 is 0 Å². The summed E-state index contributed by atoms with van der Waals surface area (Å²) in [4.78, 5) is 19.4. The van der Waals surface area contributed by atoms with Crippen molar-refractivity contribution < 1.29 is 13.2 Å². The van der Waals surface area contributed by atoms with E-state index in [-0.39, 0.29) is 16.8 Å². The van der Waals surface area contributed by atoms with E-state index in [9.17, 15) is 13.2 Å². The molecule has 0 aliphatic rings. The molecule has 0 aliphatic carbocycles. The van der Waals surface area contributed by atoms with Gasteiger partial charge < -0.3 is 9.47 Å². The van der Waals surface area contributed by atoms with Crippen LogP contribution in [0, 0.1) is 0 Å². The summed E-state index contributed by atoms with van der Waals surface area (Å²) in [5, 5.41) is 0. The predicted molar refractivity (Wildman–Crippen MR) is 122 cm³/mol. The van der Waals surface area contributed by atoms with Crippen LogP contribution in [0.1, 0.15) is 37.7 Å². The third-order valence-corrected chi connectivity index (χ3v) is 7.52. The molecular formula is C23H30N4O3S. The molecule has 8 heteroatoms. The van der Waals surface area contributed by atoms with Gasteiger partial charge in [0, 0.05) is 40.5 Å². The second-order valence-corrected chi connectivity index (χ2v) is 9.95. The highest BCUT2D eigenvalue weighted by Gasteiger charge is 2.21. The van der Waals surface area contributed by atoms with Crippen LogP contribution in [0.2, 0.25) is 0 Å². The first kappa shape index (κ1) is 23.0. The Bertz CT molecular complexity index is 1170. The summed E-state index contributed by atoms with van der Waals surface area (Å²) in [6, 6.07) is 14.9. The van der Waals surface area contributed by atoms with Crippen LogP contribution in [0.5, 0.6) is 0 Å². The number of aromatic nitrogens is 2. The summed E-state index contributed by atoms with van der Waals surface area (Å²) in [5.41, 5.74) is 2.58. The van der Waals surface area contributed by atoms with E-state index < -0.39 is 10.0 Å². The molecule has 2 aromatic carbocycles. The van der Waals surface area contributed by atoms with E-state index in [4.69, 9.17) is 0 Å². The summed E-state index contributed by atoms with van der Waals surface area (Å²) in [6.45, 7) is 4.72. The van der Waals surface area contributed by atoms with Gasteiger partial charge in [0.2, 0.25) is 15.9 Å². The minimum absolute atomic E-state index is 0.0162. The average molecular weight is 443 g/mol. The summed E-state index contributed by atoms with van der Waals surface area (Å²) in [7, 11) is 1.31. The van der Waals surface area contributed by atoms with Crippen molar-refractivity contribution in [3.63, 3.8) is 0 Å². The van der Waals surface area contributed by atoms with Crippen LogP contribution in [0.3, 0.4) is 0 Å². The van der Waals surface area contributed by atoms with Crippen LogP contribution in [0.25, 0.3) is 11.0 Å².